The second-order valence-electron chi connectivity index (χ2n) is 5.96. The Morgan fingerprint density at radius 3 is 2.42 bits per heavy atom. The number of pyridine rings is 1. The number of nitrogens with one attached hydrogen (secondary N) is 2. The van der Waals surface area contributed by atoms with Gasteiger partial charge >= 0.3 is 0 Å². The summed E-state index contributed by atoms with van der Waals surface area (Å²) in [5.74, 6) is 1.32. The largest absolute Gasteiger partial charge is 0.497 e. The molecule has 1 aliphatic rings. The van der Waals surface area contributed by atoms with Gasteiger partial charge < -0.3 is 10.1 Å². The van der Waals surface area contributed by atoms with Crippen molar-refractivity contribution in [3.05, 3.63) is 42.6 Å². The summed E-state index contributed by atoms with van der Waals surface area (Å²) >= 11 is 0. The van der Waals surface area contributed by atoms with Crippen molar-refractivity contribution in [1.82, 2.24) is 4.98 Å². The maximum Gasteiger partial charge on any atom is 0.261 e. The van der Waals surface area contributed by atoms with Gasteiger partial charge in [0, 0.05) is 6.04 Å². The van der Waals surface area contributed by atoms with Crippen LogP contribution in [0.3, 0.4) is 0 Å². The molecule has 2 heterocycles. The third kappa shape index (κ3) is 4.44. The van der Waals surface area contributed by atoms with Gasteiger partial charge in [0.05, 0.1) is 35.4 Å². The van der Waals surface area contributed by atoms with Gasteiger partial charge in [-0.25, -0.2) is 21.8 Å². The Morgan fingerprint density at radius 1 is 1.15 bits per heavy atom. The summed E-state index contributed by atoms with van der Waals surface area (Å²) in [5, 5.41) is 3.05. The topological polar surface area (TPSA) is 114 Å². The Hall–Kier alpha value is -2.33. The minimum atomic E-state index is -3.73. The molecule has 2 N–H and O–H groups in total. The zero-order chi connectivity index (χ0) is 18.8. The quantitative estimate of drug-likeness (QED) is 0.759. The van der Waals surface area contributed by atoms with Crippen molar-refractivity contribution in [1.29, 1.82) is 0 Å². The highest BCUT2D eigenvalue weighted by atomic mass is 32.2. The molecule has 26 heavy (non-hydrogen) atoms. The van der Waals surface area contributed by atoms with Crippen LogP contribution in [0.4, 0.5) is 11.5 Å². The molecule has 0 amide bonds. The summed E-state index contributed by atoms with van der Waals surface area (Å²) < 4.78 is 55.2. The van der Waals surface area contributed by atoms with E-state index in [1.807, 2.05) is 0 Å². The van der Waals surface area contributed by atoms with Gasteiger partial charge in [0.15, 0.2) is 9.84 Å². The molecule has 1 aromatic heterocycles. The predicted octanol–water partition coefficient (Wildman–Crippen LogP) is 1.49. The zero-order valence-corrected chi connectivity index (χ0v) is 15.7. The highest BCUT2D eigenvalue weighted by molar-refractivity contribution is 7.92. The molecule has 1 fully saturated rings. The molecule has 3 rings (SSSR count). The van der Waals surface area contributed by atoms with E-state index < -0.39 is 19.9 Å². The maximum absolute atomic E-state index is 12.4. The molecule has 0 radical (unpaired) electrons. The summed E-state index contributed by atoms with van der Waals surface area (Å²) in [7, 11) is -5.20. The summed E-state index contributed by atoms with van der Waals surface area (Å²) in [6, 6.07) is 9.03. The third-order valence-corrected chi connectivity index (χ3v) is 7.14. The molecule has 0 aliphatic carbocycles. The number of hydrogen-bond acceptors (Lipinski definition) is 7. The fourth-order valence-corrected chi connectivity index (χ4v) is 5.34. The number of rotatable bonds is 6. The summed E-state index contributed by atoms with van der Waals surface area (Å²) in [6.45, 7) is 0. The van der Waals surface area contributed by atoms with E-state index in [-0.39, 0.29) is 22.4 Å². The van der Waals surface area contributed by atoms with E-state index in [0.29, 0.717) is 23.7 Å². The van der Waals surface area contributed by atoms with Crippen LogP contribution in [0.15, 0.2) is 47.5 Å². The minimum absolute atomic E-state index is 0.0839. The molecular weight excluding hydrogens is 378 g/mol. The molecule has 0 saturated carbocycles. The van der Waals surface area contributed by atoms with E-state index in [2.05, 4.69) is 15.0 Å². The Morgan fingerprint density at radius 2 is 1.88 bits per heavy atom. The molecule has 140 valence electrons. The summed E-state index contributed by atoms with van der Waals surface area (Å²) in [5.41, 5.74) is 0.311. The van der Waals surface area contributed by atoms with Gasteiger partial charge in [-0.1, -0.05) is 0 Å². The predicted molar refractivity (Wildman–Crippen MR) is 98.7 cm³/mol. The molecule has 1 atom stereocenters. The second-order valence-corrected chi connectivity index (χ2v) is 9.87. The molecule has 0 bridgehead atoms. The van der Waals surface area contributed by atoms with Crippen LogP contribution >= 0.6 is 0 Å². The summed E-state index contributed by atoms with van der Waals surface area (Å²) in [6.07, 6.45) is 1.92. The number of nitrogens with zero attached hydrogens (tertiary/aromatic N) is 1. The van der Waals surface area contributed by atoms with Crippen LogP contribution < -0.4 is 14.8 Å². The Bertz CT molecular complexity index is 972. The van der Waals surface area contributed by atoms with Crippen LogP contribution in [0.5, 0.6) is 5.75 Å². The minimum Gasteiger partial charge on any atom is -0.497 e. The number of hydrogen-bond donors (Lipinski definition) is 2. The number of sulfonamides is 1. The van der Waals surface area contributed by atoms with Gasteiger partial charge in [-0.3, -0.25) is 4.72 Å². The van der Waals surface area contributed by atoms with Crippen LogP contribution in [-0.4, -0.2) is 46.5 Å². The lowest BCUT2D eigenvalue weighted by molar-refractivity contribution is 0.414. The van der Waals surface area contributed by atoms with Gasteiger partial charge in [-0.15, -0.1) is 0 Å². The smallest absolute Gasteiger partial charge is 0.261 e. The Balaban J connectivity index is 1.66. The highest BCUT2D eigenvalue weighted by Gasteiger charge is 2.27. The first-order valence-corrected chi connectivity index (χ1v) is 11.2. The molecule has 1 aliphatic heterocycles. The van der Waals surface area contributed by atoms with Crippen molar-refractivity contribution in [3.63, 3.8) is 0 Å². The van der Waals surface area contributed by atoms with Crippen molar-refractivity contribution >= 4 is 31.4 Å². The normalized spacial score (nSPS) is 19.0. The van der Waals surface area contributed by atoms with E-state index in [0.717, 1.165) is 0 Å². The monoisotopic (exact) mass is 397 g/mol. The standard InChI is InChI=1S/C16H19N3O5S2/c1-24-14-3-5-15(6-4-14)26(22,23)19-12-2-7-16(17-10-12)18-13-8-9-25(20,21)11-13/h2-7,10,13,19H,8-9,11H2,1H3,(H,17,18). The summed E-state index contributed by atoms with van der Waals surface area (Å²) in [4.78, 5) is 4.25. The van der Waals surface area contributed by atoms with E-state index in [4.69, 9.17) is 4.74 Å². The number of benzene rings is 1. The molecule has 2 aromatic rings. The number of methoxy groups -OCH3 is 1. The SMILES string of the molecule is COc1ccc(S(=O)(=O)Nc2ccc(NC3CCS(=O)(=O)C3)nc2)cc1. The van der Waals surface area contributed by atoms with E-state index in [9.17, 15) is 16.8 Å². The van der Waals surface area contributed by atoms with E-state index >= 15 is 0 Å². The molecule has 10 heteroatoms. The van der Waals surface area contributed by atoms with Crippen molar-refractivity contribution in [2.75, 3.05) is 28.7 Å². The average molecular weight is 397 g/mol. The van der Waals surface area contributed by atoms with Crippen LogP contribution in [-0.2, 0) is 19.9 Å². The molecule has 1 aromatic carbocycles. The molecule has 1 saturated heterocycles. The first-order chi connectivity index (χ1) is 12.3. The van der Waals surface area contributed by atoms with Gasteiger partial charge in [0.1, 0.15) is 11.6 Å². The zero-order valence-electron chi connectivity index (χ0n) is 14.0. The lowest BCUT2D eigenvalue weighted by Gasteiger charge is -2.12. The lowest BCUT2D eigenvalue weighted by Crippen LogP contribution is -2.21. The Labute approximate surface area is 152 Å². The van der Waals surface area contributed by atoms with Gasteiger partial charge in [0.2, 0.25) is 0 Å². The fourth-order valence-electron chi connectivity index (χ4n) is 2.63. The Kier molecular flexibility index (Phi) is 5.05. The van der Waals surface area contributed by atoms with Crippen molar-refractivity contribution in [2.24, 2.45) is 0 Å². The number of ether oxygens (including phenoxy) is 1. The lowest BCUT2D eigenvalue weighted by atomic mass is 10.2. The van der Waals surface area contributed by atoms with Crippen molar-refractivity contribution in [2.45, 2.75) is 17.4 Å². The second kappa shape index (κ2) is 7.12. The van der Waals surface area contributed by atoms with E-state index in [1.54, 1.807) is 24.3 Å². The fraction of sp³-hybridized carbons (Fsp3) is 0.312. The molecule has 0 spiro atoms. The number of anilines is 2. The first kappa shape index (κ1) is 18.5. The van der Waals surface area contributed by atoms with Gasteiger partial charge in [-0.2, -0.15) is 0 Å². The first-order valence-electron chi connectivity index (χ1n) is 7.87. The van der Waals surface area contributed by atoms with Crippen molar-refractivity contribution in [3.8, 4) is 5.75 Å². The molecule has 1 unspecified atom stereocenters. The van der Waals surface area contributed by atoms with E-state index in [1.165, 1.54) is 25.4 Å². The number of sulfone groups is 1. The highest BCUT2D eigenvalue weighted by Crippen LogP contribution is 2.20. The van der Waals surface area contributed by atoms with Crippen LogP contribution in [0, 0.1) is 0 Å². The third-order valence-electron chi connectivity index (χ3n) is 3.97. The molecule has 8 nitrogen and oxygen atoms in total. The average Bonchev–Trinajstić information content (AvgIpc) is 2.95. The van der Waals surface area contributed by atoms with Crippen LogP contribution in [0.2, 0.25) is 0 Å². The van der Waals surface area contributed by atoms with Crippen LogP contribution in [0.25, 0.3) is 0 Å². The number of aromatic nitrogens is 1. The van der Waals surface area contributed by atoms with Crippen LogP contribution in [0.1, 0.15) is 6.42 Å². The van der Waals surface area contributed by atoms with Gasteiger partial charge in [-0.05, 0) is 42.8 Å². The maximum atomic E-state index is 12.4. The molecular formula is C16H19N3O5S2. The van der Waals surface area contributed by atoms with Crippen molar-refractivity contribution < 1.29 is 21.6 Å². The van der Waals surface area contributed by atoms with Gasteiger partial charge in [0.25, 0.3) is 10.0 Å².